The van der Waals surface area contributed by atoms with Crippen molar-refractivity contribution in [1.29, 1.82) is 0 Å². The summed E-state index contributed by atoms with van der Waals surface area (Å²) in [5.41, 5.74) is 3.03. The maximum absolute atomic E-state index is 6.64. The fourth-order valence-electron chi connectivity index (χ4n) is 6.40. The van der Waals surface area contributed by atoms with Crippen molar-refractivity contribution >= 4 is 0 Å². The molecule has 2 bridgehead atoms. The van der Waals surface area contributed by atoms with E-state index in [0.29, 0.717) is 17.9 Å². The predicted octanol–water partition coefficient (Wildman–Crippen LogP) is 2.63. The van der Waals surface area contributed by atoms with E-state index in [9.17, 15) is 0 Å². The van der Waals surface area contributed by atoms with E-state index in [-0.39, 0.29) is 17.6 Å². The van der Waals surface area contributed by atoms with Crippen molar-refractivity contribution in [3.05, 3.63) is 23.3 Å². The normalized spacial score (nSPS) is 42.4. The van der Waals surface area contributed by atoms with Crippen LogP contribution in [0.3, 0.4) is 0 Å². The van der Waals surface area contributed by atoms with Gasteiger partial charge in [-0.25, -0.2) is 0 Å². The van der Waals surface area contributed by atoms with Gasteiger partial charge in [-0.1, -0.05) is 13.0 Å². The number of rotatable bonds is 2. The van der Waals surface area contributed by atoms with Gasteiger partial charge in [0.1, 0.15) is 6.10 Å². The lowest BCUT2D eigenvalue weighted by Crippen LogP contribution is -2.68. The van der Waals surface area contributed by atoms with Gasteiger partial charge in [-0.15, -0.1) is 0 Å². The third kappa shape index (κ3) is 1.57. The van der Waals surface area contributed by atoms with Gasteiger partial charge >= 0.3 is 0 Å². The second-order valence-corrected chi connectivity index (χ2v) is 8.23. The largest absolute Gasteiger partial charge is 0.493 e. The molecule has 1 aromatic carbocycles. The van der Waals surface area contributed by atoms with Gasteiger partial charge in [-0.05, 0) is 56.3 Å². The summed E-state index contributed by atoms with van der Waals surface area (Å²) in [6, 6.07) is 4.98. The molecule has 0 unspecified atom stereocenters. The van der Waals surface area contributed by atoms with Crippen LogP contribution in [0, 0.1) is 11.8 Å². The van der Waals surface area contributed by atoms with Gasteiger partial charge < -0.3 is 19.1 Å². The van der Waals surface area contributed by atoms with E-state index in [1.54, 1.807) is 7.11 Å². The summed E-state index contributed by atoms with van der Waals surface area (Å²) in [5, 5.41) is 0. The molecule has 0 radical (unpaired) electrons. The van der Waals surface area contributed by atoms with Crippen LogP contribution in [0.1, 0.15) is 30.9 Å². The first-order chi connectivity index (χ1) is 11.6. The van der Waals surface area contributed by atoms with Gasteiger partial charge in [0, 0.05) is 24.1 Å². The number of benzene rings is 1. The van der Waals surface area contributed by atoms with Gasteiger partial charge in [0.25, 0.3) is 0 Å². The minimum absolute atomic E-state index is 0.113. The van der Waals surface area contributed by atoms with Crippen molar-refractivity contribution in [2.75, 3.05) is 27.8 Å². The molecule has 5 rings (SSSR count). The van der Waals surface area contributed by atoms with Gasteiger partial charge in [-0.3, -0.25) is 0 Å². The molecular formula is C20H27NO3. The molecule has 4 aliphatic rings. The van der Waals surface area contributed by atoms with Crippen LogP contribution in [-0.2, 0) is 16.6 Å². The van der Waals surface area contributed by atoms with Gasteiger partial charge in [0.05, 0.1) is 13.2 Å². The molecule has 24 heavy (non-hydrogen) atoms. The summed E-state index contributed by atoms with van der Waals surface area (Å²) in [5.74, 6) is 3.07. The lowest BCUT2D eigenvalue weighted by atomic mass is 9.50. The lowest BCUT2D eigenvalue weighted by Gasteiger charge is -2.60. The molecule has 1 saturated heterocycles. The molecule has 2 aliphatic heterocycles. The molecule has 2 aliphatic carbocycles. The number of likely N-dealkylation sites (N-methyl/N-ethyl adjacent to an activating group) is 1. The van der Waals surface area contributed by atoms with Crippen LogP contribution in [0.25, 0.3) is 0 Å². The Kier molecular flexibility index (Phi) is 3.06. The molecule has 1 spiro atoms. The second kappa shape index (κ2) is 4.89. The number of ether oxygens (including phenoxy) is 3. The first kappa shape index (κ1) is 15.0. The van der Waals surface area contributed by atoms with Crippen LogP contribution in [0.2, 0.25) is 0 Å². The Hall–Kier alpha value is -1.26. The van der Waals surface area contributed by atoms with Crippen LogP contribution in [0.15, 0.2) is 12.1 Å². The minimum atomic E-state index is 0.113. The van der Waals surface area contributed by atoms with Crippen molar-refractivity contribution < 1.29 is 14.2 Å². The average Bonchev–Trinajstić information content (AvgIpc) is 2.92. The highest BCUT2D eigenvalue weighted by molar-refractivity contribution is 5.61. The predicted molar refractivity (Wildman–Crippen MR) is 91.9 cm³/mol. The summed E-state index contributed by atoms with van der Waals surface area (Å²) < 4.78 is 18.3. The Morgan fingerprint density at radius 1 is 1.29 bits per heavy atom. The fourth-order valence-corrected chi connectivity index (χ4v) is 6.40. The highest BCUT2D eigenvalue weighted by atomic mass is 16.6. The summed E-state index contributed by atoms with van der Waals surface area (Å²) >= 11 is 0. The second-order valence-electron chi connectivity index (χ2n) is 8.23. The minimum Gasteiger partial charge on any atom is -0.493 e. The number of likely N-dealkylation sites (tertiary alicyclic amines) is 1. The van der Waals surface area contributed by atoms with Crippen LogP contribution < -0.4 is 9.47 Å². The molecule has 0 N–H and O–H groups in total. The molecule has 1 aromatic rings. The van der Waals surface area contributed by atoms with Crippen LogP contribution in [0.4, 0.5) is 0 Å². The quantitative estimate of drug-likeness (QED) is 0.835. The van der Waals surface area contributed by atoms with E-state index in [1.165, 1.54) is 17.5 Å². The molecule has 2 heterocycles. The number of nitrogens with zero attached hydrogens (tertiary/aromatic N) is 1. The van der Waals surface area contributed by atoms with Gasteiger partial charge in [-0.2, -0.15) is 0 Å². The third-order valence-electron chi connectivity index (χ3n) is 7.40. The van der Waals surface area contributed by atoms with Crippen molar-refractivity contribution in [2.45, 2.75) is 49.9 Å². The third-order valence-corrected chi connectivity index (χ3v) is 7.40. The molecule has 0 aromatic heterocycles. The molecule has 1 saturated carbocycles. The summed E-state index contributed by atoms with van der Waals surface area (Å²) in [7, 11) is 5.89. The molecule has 6 atom stereocenters. The van der Waals surface area contributed by atoms with Crippen LogP contribution >= 0.6 is 0 Å². The lowest BCUT2D eigenvalue weighted by molar-refractivity contribution is -0.134. The maximum Gasteiger partial charge on any atom is 0.165 e. The van der Waals surface area contributed by atoms with Crippen molar-refractivity contribution in [3.63, 3.8) is 0 Å². The standard InChI is InChI=1S/C20H27NO3/c1-11-9-13-14-10-12-5-6-15(22-3)18-16(12)20(13,7-8-21(14)2)19(24-18)17(11)23-4/h5-6,11,13-14,17,19H,7-10H2,1-4H3/t11-,13+,14-,17+,19+,20+/m1/s1. The number of hydrogen-bond acceptors (Lipinski definition) is 4. The van der Waals surface area contributed by atoms with Gasteiger partial charge in [0.15, 0.2) is 11.5 Å². The molecule has 130 valence electrons. The Morgan fingerprint density at radius 2 is 2.12 bits per heavy atom. The molecule has 4 heteroatoms. The smallest absolute Gasteiger partial charge is 0.165 e. The first-order valence-corrected chi connectivity index (χ1v) is 9.22. The first-order valence-electron chi connectivity index (χ1n) is 9.22. The molecule has 2 fully saturated rings. The van der Waals surface area contributed by atoms with Crippen LogP contribution in [0.5, 0.6) is 11.5 Å². The van der Waals surface area contributed by atoms with E-state index in [2.05, 4.69) is 31.0 Å². The van der Waals surface area contributed by atoms with E-state index >= 15 is 0 Å². The van der Waals surface area contributed by atoms with Crippen LogP contribution in [-0.4, -0.2) is 51.0 Å². The fraction of sp³-hybridized carbons (Fsp3) is 0.700. The number of piperidine rings is 1. The van der Waals surface area contributed by atoms with Crippen molar-refractivity contribution in [1.82, 2.24) is 4.90 Å². The average molecular weight is 329 g/mol. The SMILES string of the molecule is COc1ccc2c3c1O[C@H]1[C@@H](OC)[C@H](C)C[C@H]4[C@@H](C2)N(C)CC[C@@]341. The summed E-state index contributed by atoms with van der Waals surface area (Å²) in [6.45, 7) is 3.47. The monoisotopic (exact) mass is 329 g/mol. The Balaban J connectivity index is 1.77. The molecule has 4 nitrogen and oxygen atoms in total. The van der Waals surface area contributed by atoms with E-state index in [0.717, 1.165) is 30.9 Å². The highest BCUT2D eigenvalue weighted by Crippen LogP contribution is 2.64. The van der Waals surface area contributed by atoms with Crippen molar-refractivity contribution in [2.24, 2.45) is 11.8 Å². The van der Waals surface area contributed by atoms with E-state index in [4.69, 9.17) is 14.2 Å². The Labute approximate surface area is 144 Å². The number of hydrogen-bond donors (Lipinski definition) is 0. The van der Waals surface area contributed by atoms with E-state index < -0.39 is 0 Å². The zero-order valence-corrected chi connectivity index (χ0v) is 15.0. The molecule has 0 amide bonds. The zero-order chi connectivity index (χ0) is 16.6. The topological polar surface area (TPSA) is 30.9 Å². The Morgan fingerprint density at radius 3 is 2.88 bits per heavy atom. The number of methoxy groups -OCH3 is 2. The summed E-state index contributed by atoms with van der Waals surface area (Å²) in [6.07, 6.45) is 3.81. The summed E-state index contributed by atoms with van der Waals surface area (Å²) in [4.78, 5) is 2.58. The van der Waals surface area contributed by atoms with Gasteiger partial charge in [0.2, 0.25) is 0 Å². The van der Waals surface area contributed by atoms with Crippen molar-refractivity contribution in [3.8, 4) is 11.5 Å². The zero-order valence-electron chi connectivity index (χ0n) is 15.0. The maximum atomic E-state index is 6.64. The molecular weight excluding hydrogens is 302 g/mol. The Bertz CT molecular complexity index is 690. The highest BCUT2D eigenvalue weighted by Gasteiger charge is 2.66. The van der Waals surface area contributed by atoms with E-state index in [1.807, 2.05) is 7.11 Å².